The molecule has 0 radical (unpaired) electrons. The van der Waals surface area contributed by atoms with Gasteiger partial charge in [-0.3, -0.25) is 9.69 Å². The van der Waals surface area contributed by atoms with Crippen molar-refractivity contribution in [2.24, 2.45) is 0 Å². The first kappa shape index (κ1) is 11.6. The highest BCUT2D eigenvalue weighted by Crippen LogP contribution is 2.34. The summed E-state index contributed by atoms with van der Waals surface area (Å²) < 4.78 is 1.96. The number of carbonyl (C=O) groups excluding carboxylic acids is 1. The summed E-state index contributed by atoms with van der Waals surface area (Å²) in [5.74, 6) is 1.12. The van der Waals surface area contributed by atoms with Crippen molar-refractivity contribution < 1.29 is 4.79 Å². The lowest BCUT2D eigenvalue weighted by Crippen LogP contribution is -2.47. The average molecular weight is 250 g/mol. The normalized spacial score (nSPS) is 21.3. The van der Waals surface area contributed by atoms with Crippen LogP contribution in [-0.4, -0.2) is 62.1 Å². The molecular weight excluding hydrogens is 232 g/mol. The quantitative estimate of drug-likeness (QED) is 0.735. The number of carbonyl (C=O) groups is 1. The number of nitrogens with zero attached hydrogens (tertiary/aromatic N) is 6. The summed E-state index contributed by atoms with van der Waals surface area (Å²) in [5, 5.41) is 11.9. The van der Waals surface area contributed by atoms with E-state index >= 15 is 0 Å². The van der Waals surface area contributed by atoms with Gasteiger partial charge in [0.15, 0.2) is 5.82 Å². The molecule has 18 heavy (non-hydrogen) atoms. The van der Waals surface area contributed by atoms with Crippen molar-refractivity contribution in [3.05, 3.63) is 5.82 Å². The molecule has 0 N–H and O–H groups in total. The van der Waals surface area contributed by atoms with Crippen LogP contribution in [-0.2, 0) is 11.3 Å². The molecule has 0 bridgehead atoms. The number of rotatable bonds is 3. The first-order valence-corrected chi connectivity index (χ1v) is 6.48. The molecule has 2 fully saturated rings. The second kappa shape index (κ2) is 4.64. The molecule has 1 aliphatic heterocycles. The lowest BCUT2D eigenvalue weighted by atomic mass is 10.3. The van der Waals surface area contributed by atoms with Crippen molar-refractivity contribution in [1.29, 1.82) is 0 Å². The Hall–Kier alpha value is -1.50. The molecule has 1 aliphatic carbocycles. The first-order valence-electron chi connectivity index (χ1n) is 6.48. The highest BCUT2D eigenvalue weighted by atomic mass is 16.2. The van der Waals surface area contributed by atoms with E-state index in [2.05, 4.69) is 20.4 Å². The standard InChI is InChI=1S/C11H18N6O/c1-9(18)16-6-4-15(5-7-16)8-11-12-13-14-17(11)10-2-3-10/h10H,2-8H2,1H3. The predicted molar refractivity (Wildman–Crippen MR) is 63.6 cm³/mol. The Bertz CT molecular complexity index is 432. The van der Waals surface area contributed by atoms with Gasteiger partial charge in [0, 0.05) is 33.1 Å². The lowest BCUT2D eigenvalue weighted by molar-refractivity contribution is -0.130. The average Bonchev–Trinajstić information content (AvgIpc) is 3.11. The number of aromatic nitrogens is 4. The molecule has 98 valence electrons. The van der Waals surface area contributed by atoms with Crippen molar-refractivity contribution in [3.8, 4) is 0 Å². The van der Waals surface area contributed by atoms with E-state index in [-0.39, 0.29) is 5.91 Å². The van der Waals surface area contributed by atoms with Crippen molar-refractivity contribution in [2.75, 3.05) is 26.2 Å². The van der Waals surface area contributed by atoms with Gasteiger partial charge in [-0.25, -0.2) is 4.68 Å². The predicted octanol–water partition coefficient (Wildman–Crippen LogP) is -0.328. The lowest BCUT2D eigenvalue weighted by Gasteiger charge is -2.33. The van der Waals surface area contributed by atoms with Crippen LogP contribution >= 0.6 is 0 Å². The number of hydrogen-bond donors (Lipinski definition) is 0. The molecule has 1 amide bonds. The van der Waals surface area contributed by atoms with Crippen LogP contribution in [0, 0.1) is 0 Å². The summed E-state index contributed by atoms with van der Waals surface area (Å²) in [6, 6.07) is 0.522. The van der Waals surface area contributed by atoms with Gasteiger partial charge in [0.2, 0.25) is 5.91 Å². The monoisotopic (exact) mass is 250 g/mol. The minimum atomic E-state index is 0.164. The van der Waals surface area contributed by atoms with E-state index in [0.717, 1.165) is 38.5 Å². The molecule has 2 aliphatic rings. The molecule has 1 saturated carbocycles. The van der Waals surface area contributed by atoms with Gasteiger partial charge in [-0.2, -0.15) is 0 Å². The second-order valence-corrected chi connectivity index (χ2v) is 5.05. The van der Waals surface area contributed by atoms with Gasteiger partial charge < -0.3 is 4.90 Å². The van der Waals surface area contributed by atoms with Crippen LogP contribution in [0.3, 0.4) is 0 Å². The van der Waals surface area contributed by atoms with Gasteiger partial charge in [-0.15, -0.1) is 5.10 Å². The molecule has 2 heterocycles. The van der Waals surface area contributed by atoms with Crippen LogP contribution in [0.4, 0.5) is 0 Å². The van der Waals surface area contributed by atoms with Gasteiger partial charge in [0.1, 0.15) is 0 Å². The van der Waals surface area contributed by atoms with E-state index in [9.17, 15) is 4.79 Å². The minimum absolute atomic E-state index is 0.164. The Balaban J connectivity index is 1.57. The molecule has 1 saturated heterocycles. The Morgan fingerprint density at radius 1 is 1.28 bits per heavy atom. The van der Waals surface area contributed by atoms with Gasteiger partial charge in [-0.05, 0) is 23.3 Å². The molecule has 0 aromatic carbocycles. The highest BCUT2D eigenvalue weighted by molar-refractivity contribution is 5.73. The van der Waals surface area contributed by atoms with E-state index in [1.165, 1.54) is 12.8 Å². The largest absolute Gasteiger partial charge is 0.340 e. The van der Waals surface area contributed by atoms with Crippen molar-refractivity contribution in [2.45, 2.75) is 32.4 Å². The number of piperazine rings is 1. The zero-order valence-corrected chi connectivity index (χ0v) is 10.6. The van der Waals surface area contributed by atoms with Crippen molar-refractivity contribution in [3.63, 3.8) is 0 Å². The molecule has 1 aromatic rings. The third kappa shape index (κ3) is 2.35. The van der Waals surface area contributed by atoms with Gasteiger partial charge in [0.05, 0.1) is 12.6 Å². The molecule has 0 spiro atoms. The number of hydrogen-bond acceptors (Lipinski definition) is 5. The third-order valence-electron chi connectivity index (χ3n) is 3.64. The summed E-state index contributed by atoms with van der Waals surface area (Å²) in [6.07, 6.45) is 2.38. The van der Waals surface area contributed by atoms with Crippen LogP contribution in [0.1, 0.15) is 31.6 Å². The molecule has 0 atom stereocenters. The maximum absolute atomic E-state index is 11.2. The molecule has 7 nitrogen and oxygen atoms in total. The van der Waals surface area contributed by atoms with Crippen LogP contribution < -0.4 is 0 Å². The second-order valence-electron chi connectivity index (χ2n) is 5.05. The Morgan fingerprint density at radius 2 is 2.00 bits per heavy atom. The van der Waals surface area contributed by atoms with Crippen LogP contribution in [0.25, 0.3) is 0 Å². The van der Waals surface area contributed by atoms with Gasteiger partial charge in [-0.1, -0.05) is 0 Å². The minimum Gasteiger partial charge on any atom is -0.340 e. The van der Waals surface area contributed by atoms with Gasteiger partial charge >= 0.3 is 0 Å². The number of tetrazole rings is 1. The third-order valence-corrected chi connectivity index (χ3v) is 3.64. The first-order chi connectivity index (χ1) is 8.74. The van der Waals surface area contributed by atoms with Crippen molar-refractivity contribution in [1.82, 2.24) is 30.0 Å². The Morgan fingerprint density at radius 3 is 2.61 bits per heavy atom. The van der Waals surface area contributed by atoms with Crippen LogP contribution in [0.2, 0.25) is 0 Å². The summed E-state index contributed by atoms with van der Waals surface area (Å²) in [4.78, 5) is 15.4. The summed E-state index contributed by atoms with van der Waals surface area (Å²) in [5.41, 5.74) is 0. The number of amides is 1. The summed E-state index contributed by atoms with van der Waals surface area (Å²) >= 11 is 0. The van der Waals surface area contributed by atoms with E-state index in [0.29, 0.717) is 6.04 Å². The van der Waals surface area contributed by atoms with E-state index in [1.54, 1.807) is 6.92 Å². The van der Waals surface area contributed by atoms with Crippen LogP contribution in [0.15, 0.2) is 0 Å². The maximum atomic E-state index is 11.2. The molecular formula is C11H18N6O. The molecule has 1 aromatic heterocycles. The zero-order valence-electron chi connectivity index (χ0n) is 10.6. The smallest absolute Gasteiger partial charge is 0.219 e. The fraction of sp³-hybridized carbons (Fsp3) is 0.818. The maximum Gasteiger partial charge on any atom is 0.219 e. The molecule has 3 rings (SSSR count). The Kier molecular flexibility index (Phi) is 2.99. The topological polar surface area (TPSA) is 67.2 Å². The van der Waals surface area contributed by atoms with E-state index in [1.807, 2.05) is 9.58 Å². The van der Waals surface area contributed by atoms with E-state index < -0.39 is 0 Å². The fourth-order valence-electron chi connectivity index (χ4n) is 2.34. The molecule has 0 unspecified atom stereocenters. The van der Waals surface area contributed by atoms with Crippen molar-refractivity contribution >= 4 is 5.91 Å². The summed E-state index contributed by atoms with van der Waals surface area (Å²) in [6.45, 7) is 5.83. The highest BCUT2D eigenvalue weighted by Gasteiger charge is 2.28. The summed E-state index contributed by atoms with van der Waals surface area (Å²) in [7, 11) is 0. The van der Waals surface area contributed by atoms with Crippen LogP contribution in [0.5, 0.6) is 0 Å². The SMILES string of the molecule is CC(=O)N1CCN(Cc2nnnn2C2CC2)CC1. The zero-order chi connectivity index (χ0) is 12.5. The van der Waals surface area contributed by atoms with E-state index in [4.69, 9.17) is 0 Å². The fourth-order valence-corrected chi connectivity index (χ4v) is 2.34. The molecule has 7 heteroatoms. The van der Waals surface area contributed by atoms with Gasteiger partial charge in [0.25, 0.3) is 0 Å². The Labute approximate surface area is 106 Å².